The van der Waals surface area contributed by atoms with Crippen LogP contribution in [0.3, 0.4) is 0 Å². The van der Waals surface area contributed by atoms with Crippen LogP contribution in [0.15, 0.2) is 77.7 Å². The Hall–Kier alpha value is -3.36. The van der Waals surface area contributed by atoms with Gasteiger partial charge in [0, 0.05) is 28.3 Å². The van der Waals surface area contributed by atoms with Gasteiger partial charge in [0.15, 0.2) is 0 Å². The first-order valence-corrected chi connectivity index (χ1v) is 10.5. The standard InChI is InChI=1S/C22H18ClN3O4S/c1-14(21(27)25-20-8-3-2-7-19(20)23)31-18-6-4-5-16(13-18)24-22(28)15-9-11-17(12-10-15)26(29)30/h2-14H,1H3,(H,24,28)(H,25,27). The molecular weight excluding hydrogens is 438 g/mol. The number of thioether (sulfide) groups is 1. The summed E-state index contributed by atoms with van der Waals surface area (Å²) in [5.74, 6) is -0.583. The molecule has 0 saturated carbocycles. The quantitative estimate of drug-likeness (QED) is 0.273. The molecule has 9 heteroatoms. The van der Waals surface area contributed by atoms with Gasteiger partial charge in [-0.3, -0.25) is 19.7 Å². The molecule has 3 aromatic rings. The van der Waals surface area contributed by atoms with Gasteiger partial charge in [0.1, 0.15) is 0 Å². The molecule has 1 atom stereocenters. The van der Waals surface area contributed by atoms with Crippen molar-refractivity contribution in [1.29, 1.82) is 0 Å². The van der Waals surface area contributed by atoms with E-state index in [-0.39, 0.29) is 17.5 Å². The number of para-hydroxylation sites is 1. The topological polar surface area (TPSA) is 101 Å². The minimum Gasteiger partial charge on any atom is -0.324 e. The predicted octanol–water partition coefficient (Wildman–Crippen LogP) is 5.62. The molecule has 0 aliphatic heterocycles. The predicted molar refractivity (Wildman–Crippen MR) is 123 cm³/mol. The van der Waals surface area contributed by atoms with Crippen molar-refractivity contribution in [3.05, 3.63) is 93.5 Å². The van der Waals surface area contributed by atoms with Crippen molar-refractivity contribution >= 4 is 52.2 Å². The third kappa shape index (κ3) is 6.07. The monoisotopic (exact) mass is 455 g/mol. The molecule has 3 aromatic carbocycles. The molecule has 0 aliphatic carbocycles. The summed E-state index contributed by atoms with van der Waals surface area (Å²) in [7, 11) is 0. The van der Waals surface area contributed by atoms with Crippen molar-refractivity contribution in [1.82, 2.24) is 0 Å². The van der Waals surface area contributed by atoms with Crippen LogP contribution < -0.4 is 10.6 Å². The Morgan fingerprint density at radius 2 is 1.71 bits per heavy atom. The number of nitrogens with one attached hydrogen (secondary N) is 2. The zero-order chi connectivity index (χ0) is 22.4. The molecule has 2 amide bonds. The van der Waals surface area contributed by atoms with Gasteiger partial charge in [0.05, 0.1) is 20.9 Å². The van der Waals surface area contributed by atoms with Crippen molar-refractivity contribution in [2.24, 2.45) is 0 Å². The van der Waals surface area contributed by atoms with E-state index in [0.717, 1.165) is 4.90 Å². The van der Waals surface area contributed by atoms with E-state index in [1.54, 1.807) is 49.4 Å². The fourth-order valence-electron chi connectivity index (χ4n) is 2.64. The Kier molecular flexibility index (Phi) is 7.28. The third-order valence-corrected chi connectivity index (χ3v) is 5.67. The van der Waals surface area contributed by atoms with Gasteiger partial charge < -0.3 is 10.6 Å². The van der Waals surface area contributed by atoms with Crippen LogP contribution in [0.25, 0.3) is 0 Å². The number of carbonyl (C=O) groups is 2. The van der Waals surface area contributed by atoms with Crippen LogP contribution in [0.4, 0.5) is 17.1 Å². The molecule has 0 radical (unpaired) electrons. The number of halogens is 1. The Balaban J connectivity index is 1.63. The summed E-state index contributed by atoms with van der Waals surface area (Å²) in [6, 6.07) is 19.4. The Labute approximate surface area is 188 Å². The van der Waals surface area contributed by atoms with Gasteiger partial charge in [-0.1, -0.05) is 29.8 Å². The van der Waals surface area contributed by atoms with Gasteiger partial charge in [-0.15, -0.1) is 11.8 Å². The molecule has 31 heavy (non-hydrogen) atoms. The highest BCUT2D eigenvalue weighted by atomic mass is 35.5. The highest BCUT2D eigenvalue weighted by Gasteiger charge is 2.16. The maximum Gasteiger partial charge on any atom is 0.269 e. The number of nitro benzene ring substituents is 1. The summed E-state index contributed by atoms with van der Waals surface area (Å²) in [4.78, 5) is 35.9. The first kappa shape index (κ1) is 22.3. The lowest BCUT2D eigenvalue weighted by molar-refractivity contribution is -0.384. The van der Waals surface area contributed by atoms with Crippen molar-refractivity contribution in [3.8, 4) is 0 Å². The molecule has 158 valence electrons. The highest BCUT2D eigenvalue weighted by Crippen LogP contribution is 2.28. The fourth-order valence-corrected chi connectivity index (χ4v) is 3.75. The maximum atomic E-state index is 12.5. The minimum atomic E-state index is -0.522. The van der Waals surface area contributed by atoms with E-state index in [1.807, 2.05) is 6.07 Å². The first-order valence-electron chi connectivity index (χ1n) is 9.21. The number of hydrogen-bond acceptors (Lipinski definition) is 5. The molecule has 0 aliphatic rings. The Morgan fingerprint density at radius 1 is 1.00 bits per heavy atom. The average Bonchev–Trinajstić information content (AvgIpc) is 2.75. The summed E-state index contributed by atoms with van der Waals surface area (Å²) < 4.78 is 0. The molecule has 0 fully saturated rings. The fraction of sp³-hybridized carbons (Fsp3) is 0.0909. The lowest BCUT2D eigenvalue weighted by atomic mass is 10.2. The van der Waals surface area contributed by atoms with E-state index >= 15 is 0 Å². The third-order valence-electron chi connectivity index (χ3n) is 4.25. The van der Waals surface area contributed by atoms with E-state index in [2.05, 4.69) is 10.6 Å². The lowest BCUT2D eigenvalue weighted by Gasteiger charge is -2.14. The van der Waals surface area contributed by atoms with E-state index in [0.29, 0.717) is 22.0 Å². The molecule has 0 spiro atoms. The molecule has 0 heterocycles. The molecule has 1 unspecified atom stereocenters. The van der Waals surface area contributed by atoms with Crippen LogP contribution >= 0.6 is 23.4 Å². The smallest absolute Gasteiger partial charge is 0.269 e. The van der Waals surface area contributed by atoms with E-state index in [9.17, 15) is 19.7 Å². The summed E-state index contributed by atoms with van der Waals surface area (Å²) in [5.41, 5.74) is 1.31. The van der Waals surface area contributed by atoms with Crippen LogP contribution in [0.5, 0.6) is 0 Å². The van der Waals surface area contributed by atoms with E-state index < -0.39 is 10.2 Å². The molecule has 0 saturated heterocycles. The number of nitro groups is 1. The minimum absolute atomic E-state index is 0.0843. The summed E-state index contributed by atoms with van der Waals surface area (Å²) >= 11 is 7.42. The Morgan fingerprint density at radius 3 is 2.39 bits per heavy atom. The van der Waals surface area contributed by atoms with E-state index in [4.69, 9.17) is 11.6 Å². The largest absolute Gasteiger partial charge is 0.324 e. The van der Waals surface area contributed by atoms with Crippen molar-refractivity contribution in [2.75, 3.05) is 10.6 Å². The van der Waals surface area contributed by atoms with Gasteiger partial charge >= 0.3 is 0 Å². The zero-order valence-corrected chi connectivity index (χ0v) is 17.9. The number of carbonyl (C=O) groups excluding carboxylic acids is 2. The summed E-state index contributed by atoms with van der Waals surface area (Å²) in [6.45, 7) is 1.78. The molecule has 3 rings (SSSR count). The number of rotatable bonds is 7. The van der Waals surface area contributed by atoms with Crippen LogP contribution in [0.2, 0.25) is 5.02 Å². The first-order chi connectivity index (χ1) is 14.8. The SMILES string of the molecule is CC(Sc1cccc(NC(=O)c2ccc([N+](=O)[O-])cc2)c1)C(=O)Nc1ccccc1Cl. The second-order valence-electron chi connectivity index (χ2n) is 6.52. The van der Waals surface area contributed by atoms with Crippen molar-refractivity contribution in [2.45, 2.75) is 17.1 Å². The number of anilines is 2. The van der Waals surface area contributed by atoms with Crippen LogP contribution in [-0.4, -0.2) is 22.0 Å². The lowest BCUT2D eigenvalue weighted by Crippen LogP contribution is -2.22. The van der Waals surface area contributed by atoms with Gasteiger partial charge in [-0.25, -0.2) is 0 Å². The number of amides is 2. The van der Waals surface area contributed by atoms with Gasteiger partial charge in [-0.2, -0.15) is 0 Å². The second kappa shape index (κ2) is 10.1. The number of non-ortho nitro benzene ring substituents is 1. The van der Waals surface area contributed by atoms with Crippen molar-refractivity contribution < 1.29 is 14.5 Å². The molecule has 0 aromatic heterocycles. The highest BCUT2D eigenvalue weighted by molar-refractivity contribution is 8.00. The van der Waals surface area contributed by atoms with Gasteiger partial charge in [-0.05, 0) is 49.4 Å². The number of benzene rings is 3. The van der Waals surface area contributed by atoms with E-state index in [1.165, 1.54) is 36.0 Å². The molecule has 0 bridgehead atoms. The number of hydrogen-bond donors (Lipinski definition) is 2. The summed E-state index contributed by atoms with van der Waals surface area (Å²) in [5, 5.41) is 16.3. The maximum absolute atomic E-state index is 12.5. The summed E-state index contributed by atoms with van der Waals surface area (Å²) in [6.07, 6.45) is 0. The van der Waals surface area contributed by atoms with Crippen LogP contribution in [-0.2, 0) is 4.79 Å². The Bertz CT molecular complexity index is 1120. The molecule has 2 N–H and O–H groups in total. The van der Waals surface area contributed by atoms with Crippen LogP contribution in [0.1, 0.15) is 17.3 Å². The zero-order valence-electron chi connectivity index (χ0n) is 16.4. The van der Waals surface area contributed by atoms with Gasteiger partial charge in [0.2, 0.25) is 5.91 Å². The second-order valence-corrected chi connectivity index (χ2v) is 8.34. The normalized spacial score (nSPS) is 11.4. The van der Waals surface area contributed by atoms with Crippen molar-refractivity contribution in [3.63, 3.8) is 0 Å². The number of nitrogens with zero attached hydrogens (tertiary/aromatic N) is 1. The average molecular weight is 456 g/mol. The van der Waals surface area contributed by atoms with Gasteiger partial charge in [0.25, 0.3) is 11.6 Å². The molecular formula is C22H18ClN3O4S. The van der Waals surface area contributed by atoms with Crippen LogP contribution in [0, 0.1) is 10.1 Å². The molecule has 7 nitrogen and oxygen atoms in total.